The van der Waals surface area contributed by atoms with Crippen LogP contribution in [0.1, 0.15) is 17.5 Å². The van der Waals surface area contributed by atoms with Gasteiger partial charge >= 0.3 is 0 Å². The fourth-order valence-corrected chi connectivity index (χ4v) is 3.24. The normalized spacial score (nSPS) is 11.1. The van der Waals surface area contributed by atoms with Gasteiger partial charge in [0.1, 0.15) is 5.75 Å². The van der Waals surface area contributed by atoms with Gasteiger partial charge in [0.25, 0.3) is 0 Å². The number of aromatic amines is 1. The molecular weight excluding hydrogens is 392 g/mol. The van der Waals surface area contributed by atoms with Gasteiger partial charge in [-0.05, 0) is 60.5 Å². The fourth-order valence-electron chi connectivity index (χ4n) is 3.06. The summed E-state index contributed by atoms with van der Waals surface area (Å²) < 4.78 is 7.92. The van der Waals surface area contributed by atoms with Gasteiger partial charge in [0.15, 0.2) is 5.82 Å². The van der Waals surface area contributed by atoms with Crippen LogP contribution in [0.25, 0.3) is 11.4 Å². The van der Waals surface area contributed by atoms with Gasteiger partial charge in [-0.1, -0.05) is 60.7 Å². The van der Waals surface area contributed by atoms with Gasteiger partial charge in [0, 0.05) is 5.56 Å². The van der Waals surface area contributed by atoms with E-state index >= 15 is 0 Å². The van der Waals surface area contributed by atoms with E-state index in [0.29, 0.717) is 17.2 Å². The second kappa shape index (κ2) is 9.80. The molecule has 5 nitrogen and oxygen atoms in total. The van der Waals surface area contributed by atoms with Crippen LogP contribution in [0.2, 0.25) is 0 Å². The van der Waals surface area contributed by atoms with E-state index < -0.39 is 0 Å². The first-order chi connectivity index (χ1) is 14.8. The largest absolute Gasteiger partial charge is 0.494 e. The zero-order chi connectivity index (χ0) is 20.6. The fraction of sp³-hybridized carbons (Fsp3) is 0.125. The lowest BCUT2D eigenvalue weighted by Crippen LogP contribution is -1.99. The van der Waals surface area contributed by atoms with Crippen molar-refractivity contribution in [2.45, 2.75) is 12.8 Å². The summed E-state index contributed by atoms with van der Waals surface area (Å²) >= 11 is 5.31. The molecule has 0 unspecified atom stereocenters. The molecule has 30 heavy (non-hydrogen) atoms. The highest BCUT2D eigenvalue weighted by atomic mass is 32.1. The third kappa shape index (κ3) is 5.10. The molecule has 0 saturated heterocycles. The Labute approximate surface area is 180 Å². The first-order valence-electron chi connectivity index (χ1n) is 9.83. The van der Waals surface area contributed by atoms with E-state index in [2.05, 4.69) is 39.6 Å². The molecule has 0 spiro atoms. The van der Waals surface area contributed by atoms with Gasteiger partial charge in [-0.25, -0.2) is 5.10 Å². The molecule has 1 heterocycles. The number of ether oxygens (including phenoxy) is 1. The summed E-state index contributed by atoms with van der Waals surface area (Å²) in [6.07, 6.45) is 3.76. The van der Waals surface area contributed by atoms with E-state index in [0.717, 1.165) is 29.7 Å². The van der Waals surface area contributed by atoms with Crippen LogP contribution in [0.4, 0.5) is 0 Å². The summed E-state index contributed by atoms with van der Waals surface area (Å²) in [5.74, 6) is 1.53. The number of H-pyrrole nitrogens is 1. The highest BCUT2D eigenvalue weighted by Crippen LogP contribution is 2.17. The van der Waals surface area contributed by atoms with Crippen LogP contribution in [0.3, 0.4) is 0 Å². The van der Waals surface area contributed by atoms with Gasteiger partial charge in [0.05, 0.1) is 12.8 Å². The zero-order valence-electron chi connectivity index (χ0n) is 16.4. The Balaban J connectivity index is 1.35. The van der Waals surface area contributed by atoms with Gasteiger partial charge in [-0.15, -0.1) is 0 Å². The average Bonchev–Trinajstić information content (AvgIpc) is 3.18. The minimum Gasteiger partial charge on any atom is -0.494 e. The summed E-state index contributed by atoms with van der Waals surface area (Å²) in [5.41, 5.74) is 3.23. The third-order valence-electron chi connectivity index (χ3n) is 4.61. The minimum atomic E-state index is 0.448. The van der Waals surface area contributed by atoms with Crippen LogP contribution in [0, 0.1) is 4.77 Å². The topological polar surface area (TPSA) is 55.2 Å². The Morgan fingerprint density at radius 1 is 0.933 bits per heavy atom. The van der Waals surface area contributed by atoms with Crippen molar-refractivity contribution in [1.29, 1.82) is 0 Å². The van der Waals surface area contributed by atoms with Crippen molar-refractivity contribution in [3.05, 3.63) is 101 Å². The van der Waals surface area contributed by atoms with E-state index in [1.54, 1.807) is 10.9 Å². The third-order valence-corrected chi connectivity index (χ3v) is 4.87. The Morgan fingerprint density at radius 3 is 2.37 bits per heavy atom. The average molecular weight is 415 g/mol. The number of nitrogens with zero attached hydrogens (tertiary/aromatic N) is 3. The summed E-state index contributed by atoms with van der Waals surface area (Å²) in [6.45, 7) is 0.687. The highest BCUT2D eigenvalue weighted by molar-refractivity contribution is 7.71. The van der Waals surface area contributed by atoms with Crippen LogP contribution in [-0.2, 0) is 6.42 Å². The lowest BCUT2D eigenvalue weighted by molar-refractivity contribution is 0.311. The molecular formula is C24H22N4OS. The molecule has 4 rings (SSSR count). The number of benzene rings is 3. The maximum Gasteiger partial charge on any atom is 0.216 e. The number of hydrogen-bond acceptors (Lipinski definition) is 4. The second-order valence-corrected chi connectivity index (χ2v) is 7.17. The Hall–Kier alpha value is -3.51. The lowest BCUT2D eigenvalue weighted by Gasteiger charge is -2.06. The van der Waals surface area contributed by atoms with Crippen molar-refractivity contribution >= 4 is 18.4 Å². The first-order valence-corrected chi connectivity index (χ1v) is 10.2. The van der Waals surface area contributed by atoms with E-state index in [-0.39, 0.29) is 0 Å². The van der Waals surface area contributed by atoms with Gasteiger partial charge in [-0.2, -0.15) is 14.9 Å². The molecule has 4 aromatic rings. The molecule has 1 N–H and O–H groups in total. The molecule has 0 fully saturated rings. The summed E-state index contributed by atoms with van der Waals surface area (Å²) in [5, 5.41) is 11.6. The molecule has 6 heteroatoms. The van der Waals surface area contributed by atoms with E-state index in [4.69, 9.17) is 17.0 Å². The van der Waals surface area contributed by atoms with Crippen molar-refractivity contribution in [3.8, 4) is 17.1 Å². The Kier molecular flexibility index (Phi) is 6.47. The van der Waals surface area contributed by atoms with E-state index in [1.165, 1.54) is 5.56 Å². The molecule has 3 aromatic carbocycles. The van der Waals surface area contributed by atoms with Crippen molar-refractivity contribution in [3.63, 3.8) is 0 Å². The van der Waals surface area contributed by atoms with Crippen molar-refractivity contribution < 1.29 is 4.74 Å². The van der Waals surface area contributed by atoms with Crippen LogP contribution >= 0.6 is 12.2 Å². The second-order valence-electron chi connectivity index (χ2n) is 6.78. The molecule has 0 aliphatic heterocycles. The molecule has 0 bridgehead atoms. The minimum absolute atomic E-state index is 0.448. The van der Waals surface area contributed by atoms with Crippen molar-refractivity contribution in [2.24, 2.45) is 5.10 Å². The number of aryl methyl sites for hydroxylation is 1. The summed E-state index contributed by atoms with van der Waals surface area (Å²) in [4.78, 5) is 0. The maximum absolute atomic E-state index is 5.85. The number of hydrogen-bond donors (Lipinski definition) is 1. The van der Waals surface area contributed by atoms with Crippen molar-refractivity contribution in [2.75, 3.05) is 6.61 Å². The molecule has 150 valence electrons. The van der Waals surface area contributed by atoms with Crippen molar-refractivity contribution in [1.82, 2.24) is 14.9 Å². The summed E-state index contributed by atoms with van der Waals surface area (Å²) in [7, 11) is 0. The van der Waals surface area contributed by atoms with Gasteiger partial charge < -0.3 is 4.74 Å². The van der Waals surface area contributed by atoms with E-state index in [1.807, 2.05) is 60.7 Å². The highest BCUT2D eigenvalue weighted by Gasteiger charge is 2.07. The number of aromatic nitrogens is 3. The van der Waals surface area contributed by atoms with Crippen LogP contribution < -0.4 is 4.74 Å². The molecule has 0 aliphatic carbocycles. The maximum atomic E-state index is 5.85. The van der Waals surface area contributed by atoms with Gasteiger partial charge in [-0.3, -0.25) is 0 Å². The number of rotatable bonds is 8. The molecule has 0 atom stereocenters. The first kappa shape index (κ1) is 19.8. The predicted molar refractivity (Wildman–Crippen MR) is 123 cm³/mol. The quantitative estimate of drug-likeness (QED) is 0.235. The molecule has 0 radical (unpaired) electrons. The monoisotopic (exact) mass is 414 g/mol. The van der Waals surface area contributed by atoms with E-state index in [9.17, 15) is 0 Å². The van der Waals surface area contributed by atoms with Gasteiger partial charge in [0.2, 0.25) is 4.77 Å². The summed E-state index contributed by atoms with van der Waals surface area (Å²) in [6, 6.07) is 28.1. The predicted octanol–water partition coefficient (Wildman–Crippen LogP) is 5.50. The smallest absolute Gasteiger partial charge is 0.216 e. The SMILES string of the molecule is S=c1[nH]nc(-c2ccccc2)n1/N=C\c1ccc(OCCCc2ccccc2)cc1. The van der Waals surface area contributed by atoms with Crippen LogP contribution in [0.5, 0.6) is 5.75 Å². The Morgan fingerprint density at radius 2 is 1.63 bits per heavy atom. The molecule has 0 saturated carbocycles. The molecule has 1 aromatic heterocycles. The van der Waals surface area contributed by atoms with Crippen LogP contribution in [-0.4, -0.2) is 27.7 Å². The molecule has 0 aliphatic rings. The number of nitrogens with one attached hydrogen (secondary N) is 1. The molecule has 0 amide bonds. The zero-order valence-corrected chi connectivity index (χ0v) is 17.3. The Bertz CT molecular complexity index is 1150. The van der Waals surface area contributed by atoms with Crippen LogP contribution in [0.15, 0.2) is 90.0 Å². The standard InChI is InChI=1S/C24H22N4OS/c30-24-27-26-23(21-11-5-2-6-12-21)28(24)25-18-20-13-15-22(16-14-20)29-17-7-10-19-8-3-1-4-9-19/h1-6,8-9,11-16,18H,7,10,17H2,(H,27,30)/b25-18-. The lowest BCUT2D eigenvalue weighted by atomic mass is 10.1.